The fraction of sp³-hybridized carbons (Fsp3) is 0.214. The average molecular weight is 653 g/mol. The van der Waals surface area contributed by atoms with Gasteiger partial charge in [0.05, 0.1) is 33.4 Å². The number of aryl methyl sites for hydroxylation is 1. The molecule has 0 radical (unpaired) electrons. The minimum absolute atomic E-state index is 0.122. The van der Waals surface area contributed by atoms with Crippen LogP contribution in [0.3, 0.4) is 0 Å². The number of aromatic nitrogens is 5. The molecule has 0 amide bonds. The van der Waals surface area contributed by atoms with Gasteiger partial charge in [0, 0.05) is 46.5 Å². The summed E-state index contributed by atoms with van der Waals surface area (Å²) in [7, 11) is -2.67. The van der Waals surface area contributed by atoms with E-state index in [2.05, 4.69) is 15.0 Å². The van der Waals surface area contributed by atoms with Crippen LogP contribution >= 0.6 is 0 Å². The molecule has 236 valence electrons. The smallest absolute Gasteiger partial charge is 0.423 e. The predicted octanol–water partition coefficient (Wildman–Crippen LogP) is 1.02. The summed E-state index contributed by atoms with van der Waals surface area (Å²) in [5, 5.41) is 17.6. The van der Waals surface area contributed by atoms with Crippen LogP contribution < -0.4 is 11.2 Å². The highest BCUT2D eigenvalue weighted by Crippen LogP contribution is 2.29. The topological polar surface area (TPSA) is 198 Å². The van der Waals surface area contributed by atoms with Gasteiger partial charge in [-0.3, -0.25) is 4.98 Å². The van der Waals surface area contributed by atoms with Crippen molar-refractivity contribution in [2.24, 2.45) is 0 Å². The summed E-state index contributed by atoms with van der Waals surface area (Å²) in [6.45, 7) is 2.70. The molecule has 3 heterocycles. The molecule has 17 heteroatoms. The third kappa shape index (κ3) is 7.03. The second-order valence-electron chi connectivity index (χ2n) is 10.1. The molecule has 0 aliphatic heterocycles. The number of nitrogens with zero attached hydrogens (tertiary/aromatic N) is 7. The number of nitrogens with two attached hydrogens (primary N) is 1. The standard InChI is InChI=1S/C20H21N7O2S.C8H12BNO4S/c1-4-27-17-9-10-22-11-16(17)25-20(27)18-19(21)23-12-15(24-18)13-5-7-14(8-6-13)30(28,29)26(2)3;1-10(2)15(13,14)8-5-3-7(4-6-8)9(11)12/h5-12H,4H2,1-3H3,(H2,21,23);3-6,11-12H,1-2H3. The number of sulfonamides is 2. The Morgan fingerprint density at radius 3 is 1.89 bits per heavy atom. The summed E-state index contributed by atoms with van der Waals surface area (Å²) in [4.78, 5) is 18.1. The van der Waals surface area contributed by atoms with Crippen molar-refractivity contribution in [1.82, 2.24) is 33.1 Å². The molecule has 2 aromatic carbocycles. The fourth-order valence-corrected chi connectivity index (χ4v) is 6.02. The van der Waals surface area contributed by atoms with E-state index < -0.39 is 27.2 Å². The van der Waals surface area contributed by atoms with E-state index in [1.54, 1.807) is 42.9 Å². The second kappa shape index (κ2) is 13.4. The molecule has 4 N–H and O–H groups in total. The van der Waals surface area contributed by atoms with Gasteiger partial charge in [-0.2, -0.15) is 0 Å². The zero-order valence-electron chi connectivity index (χ0n) is 25.3. The van der Waals surface area contributed by atoms with Crippen molar-refractivity contribution in [2.75, 3.05) is 33.9 Å². The van der Waals surface area contributed by atoms with Crippen molar-refractivity contribution in [2.45, 2.75) is 23.3 Å². The van der Waals surface area contributed by atoms with E-state index in [0.717, 1.165) is 20.9 Å². The molecule has 0 saturated carbocycles. The lowest BCUT2D eigenvalue weighted by molar-refractivity contribution is 0.425. The van der Waals surface area contributed by atoms with Crippen LogP contribution in [0.15, 0.2) is 83.0 Å². The largest absolute Gasteiger partial charge is 0.488 e. The first-order valence-corrected chi connectivity index (χ1v) is 16.4. The molecular weight excluding hydrogens is 619 g/mol. The number of benzene rings is 2. The first-order chi connectivity index (χ1) is 21.2. The Morgan fingerprint density at radius 2 is 1.38 bits per heavy atom. The number of hydrogen-bond acceptors (Lipinski definition) is 11. The van der Waals surface area contributed by atoms with E-state index in [-0.39, 0.29) is 21.1 Å². The molecule has 3 aromatic heterocycles. The zero-order chi connectivity index (χ0) is 33.1. The third-order valence-electron chi connectivity index (χ3n) is 6.76. The van der Waals surface area contributed by atoms with E-state index in [0.29, 0.717) is 23.8 Å². The van der Waals surface area contributed by atoms with Crippen LogP contribution in [-0.4, -0.2) is 95.3 Å². The Morgan fingerprint density at radius 1 is 0.822 bits per heavy atom. The van der Waals surface area contributed by atoms with Crippen LogP contribution in [-0.2, 0) is 26.6 Å². The van der Waals surface area contributed by atoms with Gasteiger partial charge in [-0.25, -0.2) is 40.4 Å². The number of fused-ring (bicyclic) bond motifs is 1. The summed E-state index contributed by atoms with van der Waals surface area (Å²) in [5.74, 6) is 0.877. The van der Waals surface area contributed by atoms with Crippen molar-refractivity contribution in [3.8, 4) is 22.8 Å². The number of nitrogen functional groups attached to an aromatic ring is 1. The van der Waals surface area contributed by atoms with Gasteiger partial charge < -0.3 is 20.3 Å². The molecule has 0 spiro atoms. The van der Waals surface area contributed by atoms with E-state index >= 15 is 0 Å². The average Bonchev–Trinajstić information content (AvgIpc) is 3.40. The van der Waals surface area contributed by atoms with Gasteiger partial charge in [0.15, 0.2) is 11.6 Å². The van der Waals surface area contributed by atoms with Crippen LogP contribution in [0.4, 0.5) is 5.82 Å². The van der Waals surface area contributed by atoms with E-state index in [4.69, 9.17) is 20.8 Å². The lowest BCUT2D eigenvalue weighted by Crippen LogP contribution is -2.30. The SMILES string of the molecule is CCn1c(-c2nc(-c3ccc(S(=O)(=O)N(C)C)cc3)cnc2N)nc2cnccc21.CN(C)S(=O)(=O)c1ccc(B(O)O)cc1. The van der Waals surface area contributed by atoms with Crippen molar-refractivity contribution < 1.29 is 26.9 Å². The number of anilines is 1. The van der Waals surface area contributed by atoms with Gasteiger partial charge in [-0.05, 0) is 42.7 Å². The van der Waals surface area contributed by atoms with Gasteiger partial charge in [-0.15, -0.1) is 0 Å². The Balaban J connectivity index is 0.000000259. The highest BCUT2D eigenvalue weighted by molar-refractivity contribution is 7.89. The Bertz CT molecular complexity index is 2020. The van der Waals surface area contributed by atoms with Crippen molar-refractivity contribution in [3.05, 3.63) is 73.2 Å². The molecule has 0 aliphatic rings. The molecule has 5 rings (SSSR count). The van der Waals surface area contributed by atoms with Crippen LogP contribution in [0, 0.1) is 0 Å². The van der Waals surface area contributed by atoms with Crippen LogP contribution in [0.2, 0.25) is 0 Å². The summed E-state index contributed by atoms with van der Waals surface area (Å²) in [6, 6.07) is 13.8. The molecule has 0 atom stereocenters. The van der Waals surface area contributed by atoms with Crippen molar-refractivity contribution in [3.63, 3.8) is 0 Å². The van der Waals surface area contributed by atoms with Crippen LogP contribution in [0.5, 0.6) is 0 Å². The monoisotopic (exact) mass is 652 g/mol. The maximum Gasteiger partial charge on any atom is 0.488 e. The van der Waals surface area contributed by atoms with E-state index in [1.165, 1.54) is 56.8 Å². The van der Waals surface area contributed by atoms with E-state index in [1.807, 2.05) is 17.6 Å². The zero-order valence-corrected chi connectivity index (χ0v) is 26.9. The summed E-state index contributed by atoms with van der Waals surface area (Å²) >= 11 is 0. The summed E-state index contributed by atoms with van der Waals surface area (Å²) in [5.41, 5.74) is 9.84. The molecule has 0 fully saturated rings. The number of rotatable bonds is 8. The first-order valence-electron chi connectivity index (χ1n) is 13.5. The fourth-order valence-electron chi connectivity index (χ4n) is 4.22. The maximum absolute atomic E-state index is 12.3. The molecule has 0 unspecified atom stereocenters. The highest BCUT2D eigenvalue weighted by atomic mass is 32.2. The Labute approximate surface area is 262 Å². The molecular formula is C28H33BN8O6S2. The molecule has 0 saturated heterocycles. The quantitative estimate of drug-likeness (QED) is 0.202. The predicted molar refractivity (Wildman–Crippen MR) is 172 cm³/mol. The van der Waals surface area contributed by atoms with Crippen molar-refractivity contribution >= 4 is 49.5 Å². The van der Waals surface area contributed by atoms with E-state index in [9.17, 15) is 16.8 Å². The van der Waals surface area contributed by atoms with Crippen LogP contribution in [0.25, 0.3) is 33.8 Å². The Hall–Kier alpha value is -4.26. The normalized spacial score (nSPS) is 11.9. The first kappa shape index (κ1) is 33.6. The molecule has 0 bridgehead atoms. The lowest BCUT2D eigenvalue weighted by atomic mass is 9.81. The van der Waals surface area contributed by atoms with Crippen molar-refractivity contribution in [1.29, 1.82) is 0 Å². The lowest BCUT2D eigenvalue weighted by Gasteiger charge is -2.12. The second-order valence-corrected chi connectivity index (χ2v) is 14.4. The summed E-state index contributed by atoms with van der Waals surface area (Å²) < 4.78 is 52.1. The Kier molecular flexibility index (Phi) is 10.0. The minimum Gasteiger partial charge on any atom is -0.423 e. The highest BCUT2D eigenvalue weighted by Gasteiger charge is 2.20. The molecule has 0 aliphatic carbocycles. The number of imidazole rings is 1. The van der Waals surface area contributed by atoms with Gasteiger partial charge in [0.25, 0.3) is 0 Å². The van der Waals surface area contributed by atoms with Gasteiger partial charge in [-0.1, -0.05) is 24.3 Å². The molecule has 45 heavy (non-hydrogen) atoms. The number of pyridine rings is 1. The summed E-state index contributed by atoms with van der Waals surface area (Å²) in [6.07, 6.45) is 4.98. The van der Waals surface area contributed by atoms with Crippen LogP contribution in [0.1, 0.15) is 6.92 Å². The minimum atomic E-state index is -3.50. The van der Waals surface area contributed by atoms with Gasteiger partial charge in [0.2, 0.25) is 20.0 Å². The number of hydrogen-bond donors (Lipinski definition) is 3. The van der Waals surface area contributed by atoms with Gasteiger partial charge >= 0.3 is 7.12 Å². The molecule has 14 nitrogen and oxygen atoms in total. The maximum atomic E-state index is 12.3. The molecule has 5 aromatic rings. The van der Waals surface area contributed by atoms with Gasteiger partial charge in [0.1, 0.15) is 11.2 Å². The third-order valence-corrected chi connectivity index (χ3v) is 10.4.